The standard InChI is InChI=1S/C28H28Cl2FN7/c1-27(2,3)15-34-24-16(12-32)13-33-25-18(24)10-17(11-20(25)30)35-26(23-19(29)6-5-7-21(23)31)22-14-38(37-36-22)28(4)8-9-28/h5-7,10-11,13-14,26,35H,8-9,15H2,1-4H3,(H,33,34)/i26D. The van der Waals surface area contributed by atoms with Gasteiger partial charge in [-0.2, -0.15) is 5.26 Å². The summed E-state index contributed by atoms with van der Waals surface area (Å²) in [5.74, 6) is -0.662. The van der Waals surface area contributed by atoms with E-state index in [0.717, 1.165) is 12.8 Å². The minimum atomic E-state index is -1.96. The Kier molecular flexibility index (Phi) is 6.37. The molecule has 0 aliphatic heterocycles. The van der Waals surface area contributed by atoms with Gasteiger partial charge in [-0.25, -0.2) is 9.07 Å². The number of pyridine rings is 1. The Hall–Kier alpha value is -3.41. The molecule has 1 unspecified atom stereocenters. The van der Waals surface area contributed by atoms with E-state index in [1.165, 1.54) is 24.4 Å². The molecule has 0 saturated heterocycles. The zero-order valence-corrected chi connectivity index (χ0v) is 23.0. The second-order valence-electron chi connectivity index (χ2n) is 11.1. The molecule has 2 aromatic heterocycles. The first-order valence-electron chi connectivity index (χ1n) is 12.8. The summed E-state index contributed by atoms with van der Waals surface area (Å²) in [4.78, 5) is 4.40. The molecule has 1 atom stereocenters. The smallest absolute Gasteiger partial charge is 0.130 e. The Labute approximate surface area is 232 Å². The summed E-state index contributed by atoms with van der Waals surface area (Å²) >= 11 is 13.1. The molecule has 10 heteroatoms. The maximum absolute atomic E-state index is 15.3. The van der Waals surface area contributed by atoms with Crippen LogP contribution in [0, 0.1) is 22.6 Å². The highest BCUT2D eigenvalue weighted by molar-refractivity contribution is 6.36. The van der Waals surface area contributed by atoms with Crippen LogP contribution in [-0.4, -0.2) is 26.5 Å². The second kappa shape index (κ2) is 9.72. The van der Waals surface area contributed by atoms with Crippen molar-refractivity contribution in [2.24, 2.45) is 5.41 Å². The largest absolute Gasteiger partial charge is 0.383 e. The normalized spacial score (nSPS) is 16.4. The van der Waals surface area contributed by atoms with Crippen LogP contribution in [0.15, 0.2) is 42.7 Å². The van der Waals surface area contributed by atoms with E-state index in [4.69, 9.17) is 23.2 Å². The lowest BCUT2D eigenvalue weighted by molar-refractivity contribution is 0.443. The summed E-state index contributed by atoms with van der Waals surface area (Å²) < 4.78 is 26.6. The number of rotatable bonds is 7. The SMILES string of the molecule is [2H]C(Nc1cc(Cl)c2ncc(C#N)c(NCC(C)(C)C)c2c1)(c1cn(C2(C)CC2)nn1)c1c(F)cccc1Cl. The second-order valence-corrected chi connectivity index (χ2v) is 11.9. The maximum Gasteiger partial charge on any atom is 0.130 e. The number of anilines is 2. The fourth-order valence-electron chi connectivity index (χ4n) is 4.15. The first-order chi connectivity index (χ1) is 18.3. The van der Waals surface area contributed by atoms with Crippen LogP contribution >= 0.6 is 23.2 Å². The monoisotopic (exact) mass is 552 g/mol. The van der Waals surface area contributed by atoms with Gasteiger partial charge < -0.3 is 10.6 Å². The van der Waals surface area contributed by atoms with Gasteiger partial charge in [0.2, 0.25) is 0 Å². The zero-order valence-electron chi connectivity index (χ0n) is 22.5. The van der Waals surface area contributed by atoms with Crippen LogP contribution in [0.2, 0.25) is 10.0 Å². The van der Waals surface area contributed by atoms with Crippen molar-refractivity contribution in [2.45, 2.75) is 52.1 Å². The van der Waals surface area contributed by atoms with Gasteiger partial charge in [-0.15, -0.1) is 5.10 Å². The molecular weight excluding hydrogens is 524 g/mol. The van der Waals surface area contributed by atoms with E-state index < -0.39 is 11.8 Å². The molecule has 0 bridgehead atoms. The third-order valence-corrected chi connectivity index (χ3v) is 7.20. The van der Waals surface area contributed by atoms with E-state index in [2.05, 4.69) is 59.7 Å². The number of hydrogen-bond acceptors (Lipinski definition) is 6. The average Bonchev–Trinajstić information content (AvgIpc) is 3.39. The predicted octanol–water partition coefficient (Wildman–Crippen LogP) is 7.31. The van der Waals surface area contributed by atoms with Crippen LogP contribution in [0.25, 0.3) is 10.9 Å². The van der Waals surface area contributed by atoms with Crippen molar-refractivity contribution >= 4 is 45.5 Å². The summed E-state index contributed by atoms with van der Waals surface area (Å²) in [7, 11) is 0. The van der Waals surface area contributed by atoms with Gasteiger partial charge in [0.05, 0.1) is 34.9 Å². The van der Waals surface area contributed by atoms with Gasteiger partial charge in [0.15, 0.2) is 0 Å². The zero-order chi connectivity index (χ0) is 28.2. The van der Waals surface area contributed by atoms with Crippen LogP contribution in [0.1, 0.15) is 64.7 Å². The number of benzene rings is 2. The van der Waals surface area contributed by atoms with E-state index in [-0.39, 0.29) is 27.2 Å². The summed E-state index contributed by atoms with van der Waals surface area (Å²) in [5, 5.41) is 25.8. The highest BCUT2D eigenvalue weighted by atomic mass is 35.5. The van der Waals surface area contributed by atoms with Crippen LogP contribution in [0.5, 0.6) is 0 Å². The number of nitrogens with zero attached hydrogens (tertiary/aromatic N) is 5. The lowest BCUT2D eigenvalue weighted by Crippen LogP contribution is -2.20. The van der Waals surface area contributed by atoms with Crippen LogP contribution in [-0.2, 0) is 5.54 Å². The van der Waals surface area contributed by atoms with E-state index >= 15 is 4.39 Å². The summed E-state index contributed by atoms with van der Waals surface area (Å²) in [6.07, 6.45) is 5.02. The van der Waals surface area contributed by atoms with Crippen molar-refractivity contribution in [3.05, 3.63) is 75.4 Å². The molecular formula is C28H28Cl2FN7. The van der Waals surface area contributed by atoms with Crippen LogP contribution in [0.4, 0.5) is 15.8 Å². The maximum atomic E-state index is 15.3. The van der Waals surface area contributed by atoms with Gasteiger partial charge in [-0.05, 0) is 49.4 Å². The van der Waals surface area contributed by atoms with Crippen molar-refractivity contribution in [3.63, 3.8) is 0 Å². The van der Waals surface area contributed by atoms with Gasteiger partial charge in [0.25, 0.3) is 0 Å². The minimum absolute atomic E-state index is 0.0656. The van der Waals surface area contributed by atoms with E-state index in [1.54, 1.807) is 23.0 Å². The summed E-state index contributed by atoms with van der Waals surface area (Å²) in [5.41, 5.74) is 1.66. The molecule has 5 rings (SSSR count). The van der Waals surface area contributed by atoms with Crippen molar-refractivity contribution < 1.29 is 5.76 Å². The lowest BCUT2D eigenvalue weighted by atomic mass is 9.96. The van der Waals surface area contributed by atoms with Gasteiger partial charge in [0.1, 0.15) is 23.6 Å². The van der Waals surface area contributed by atoms with Crippen molar-refractivity contribution in [2.75, 3.05) is 17.2 Å². The van der Waals surface area contributed by atoms with E-state index in [9.17, 15) is 6.63 Å². The van der Waals surface area contributed by atoms with Gasteiger partial charge in [0, 0.05) is 34.4 Å². The Morgan fingerprint density at radius 3 is 2.68 bits per heavy atom. The predicted molar refractivity (Wildman–Crippen MR) is 149 cm³/mol. The molecule has 2 N–H and O–H groups in total. The van der Waals surface area contributed by atoms with Crippen LogP contribution in [0.3, 0.4) is 0 Å². The molecule has 38 heavy (non-hydrogen) atoms. The molecule has 1 aliphatic carbocycles. The van der Waals surface area contributed by atoms with E-state index in [1.807, 2.05) is 0 Å². The van der Waals surface area contributed by atoms with Gasteiger partial charge in [-0.1, -0.05) is 55.3 Å². The number of nitriles is 1. The molecule has 0 spiro atoms. The van der Waals surface area contributed by atoms with Crippen LogP contribution < -0.4 is 10.6 Å². The number of halogens is 3. The highest BCUT2D eigenvalue weighted by Gasteiger charge is 2.41. The Morgan fingerprint density at radius 2 is 2.03 bits per heavy atom. The summed E-state index contributed by atoms with van der Waals surface area (Å²) in [6.45, 7) is 8.88. The number of aromatic nitrogens is 4. The Balaban J connectivity index is 1.67. The van der Waals surface area contributed by atoms with E-state index in [0.29, 0.717) is 39.4 Å². The fourth-order valence-corrected chi connectivity index (χ4v) is 4.67. The highest BCUT2D eigenvalue weighted by Crippen LogP contribution is 2.43. The fraction of sp³-hybridized carbons (Fsp3) is 0.357. The molecule has 1 saturated carbocycles. The molecule has 7 nitrogen and oxygen atoms in total. The first-order valence-corrected chi connectivity index (χ1v) is 13.0. The number of hydrogen-bond donors (Lipinski definition) is 2. The Morgan fingerprint density at radius 1 is 1.26 bits per heavy atom. The lowest BCUT2D eigenvalue weighted by Gasteiger charge is -2.23. The molecule has 1 aliphatic rings. The molecule has 1 fully saturated rings. The molecule has 0 radical (unpaired) electrons. The van der Waals surface area contributed by atoms with Gasteiger partial charge >= 0.3 is 0 Å². The summed E-state index contributed by atoms with van der Waals surface area (Å²) in [6, 6.07) is 7.85. The first kappa shape index (κ1) is 24.9. The molecule has 196 valence electrons. The third-order valence-electron chi connectivity index (χ3n) is 6.60. The molecule has 2 aromatic carbocycles. The van der Waals surface area contributed by atoms with Gasteiger partial charge in [-0.3, -0.25) is 4.98 Å². The molecule has 0 amide bonds. The third kappa shape index (κ3) is 5.13. The van der Waals surface area contributed by atoms with Crippen molar-refractivity contribution in [3.8, 4) is 6.07 Å². The van der Waals surface area contributed by atoms with Crippen molar-refractivity contribution in [1.82, 2.24) is 20.0 Å². The number of fused-ring (bicyclic) bond motifs is 1. The minimum Gasteiger partial charge on any atom is -0.383 e. The quantitative estimate of drug-likeness (QED) is 0.249. The van der Waals surface area contributed by atoms with Crippen molar-refractivity contribution in [1.29, 1.82) is 5.26 Å². The topological polar surface area (TPSA) is 91.5 Å². The average molecular weight is 553 g/mol. The Bertz CT molecular complexity index is 1600. The molecule has 2 heterocycles. The number of nitrogens with one attached hydrogen (secondary N) is 2. The molecule has 4 aromatic rings.